The van der Waals surface area contributed by atoms with Crippen molar-refractivity contribution in [1.29, 1.82) is 0 Å². The van der Waals surface area contributed by atoms with Gasteiger partial charge in [0.2, 0.25) is 0 Å². The molecule has 0 bridgehead atoms. The fourth-order valence-corrected chi connectivity index (χ4v) is 1.70. The van der Waals surface area contributed by atoms with Crippen molar-refractivity contribution < 1.29 is 4.79 Å². The fraction of sp³-hybridized carbons (Fsp3) is 0.182. The van der Waals surface area contributed by atoms with E-state index >= 15 is 0 Å². The summed E-state index contributed by atoms with van der Waals surface area (Å²) in [5.74, 6) is 5.27. The van der Waals surface area contributed by atoms with Crippen LogP contribution < -0.4 is 5.84 Å². The van der Waals surface area contributed by atoms with Crippen molar-refractivity contribution in [2.45, 2.75) is 0 Å². The summed E-state index contributed by atoms with van der Waals surface area (Å²) < 4.78 is 1.92. The third-order valence-electron chi connectivity index (χ3n) is 2.45. The van der Waals surface area contributed by atoms with Gasteiger partial charge in [-0.3, -0.25) is 9.80 Å². The van der Waals surface area contributed by atoms with Crippen molar-refractivity contribution >= 4 is 16.8 Å². The minimum Gasteiger partial charge on any atom is -0.350 e. The standard InChI is InChI=1S/C11H13N3O/c1-13-7-9(11(15)14(2)12)8-5-3-4-6-10(8)13/h3-7H,12H2,1-2H3. The Kier molecular flexibility index (Phi) is 2.21. The minimum absolute atomic E-state index is 0.174. The summed E-state index contributed by atoms with van der Waals surface area (Å²) in [7, 11) is 3.46. The van der Waals surface area contributed by atoms with Gasteiger partial charge in [-0.1, -0.05) is 18.2 Å². The van der Waals surface area contributed by atoms with Gasteiger partial charge in [-0.15, -0.1) is 0 Å². The molecule has 2 N–H and O–H groups in total. The molecule has 4 heteroatoms. The van der Waals surface area contributed by atoms with Crippen LogP contribution in [0.25, 0.3) is 10.9 Å². The number of aromatic nitrogens is 1. The molecule has 1 aromatic heterocycles. The maximum atomic E-state index is 11.8. The lowest BCUT2D eigenvalue weighted by Crippen LogP contribution is -2.32. The highest BCUT2D eigenvalue weighted by molar-refractivity contribution is 6.06. The Bertz CT molecular complexity index is 514. The van der Waals surface area contributed by atoms with Crippen LogP contribution in [0, 0.1) is 0 Å². The summed E-state index contributed by atoms with van der Waals surface area (Å²) in [5, 5.41) is 2.03. The summed E-state index contributed by atoms with van der Waals surface area (Å²) in [4.78, 5) is 11.8. The number of aryl methyl sites for hydroxylation is 1. The molecule has 0 radical (unpaired) electrons. The number of rotatable bonds is 1. The Morgan fingerprint density at radius 2 is 2.07 bits per heavy atom. The first-order chi connectivity index (χ1) is 7.11. The average Bonchev–Trinajstić information content (AvgIpc) is 2.56. The monoisotopic (exact) mass is 203 g/mol. The fourth-order valence-electron chi connectivity index (χ4n) is 1.70. The Hall–Kier alpha value is -1.81. The van der Waals surface area contributed by atoms with E-state index in [9.17, 15) is 4.79 Å². The van der Waals surface area contributed by atoms with Crippen molar-refractivity contribution in [2.75, 3.05) is 7.05 Å². The van der Waals surface area contributed by atoms with E-state index in [1.807, 2.05) is 35.9 Å². The predicted octanol–water partition coefficient (Wildman–Crippen LogP) is 1.12. The van der Waals surface area contributed by atoms with E-state index in [0.717, 1.165) is 15.9 Å². The summed E-state index contributed by atoms with van der Waals surface area (Å²) in [6.45, 7) is 0. The maximum absolute atomic E-state index is 11.8. The summed E-state index contributed by atoms with van der Waals surface area (Å²) in [6, 6.07) is 7.76. The van der Waals surface area contributed by atoms with Gasteiger partial charge in [0.05, 0.1) is 5.56 Å². The molecule has 0 aliphatic carbocycles. The summed E-state index contributed by atoms with van der Waals surface area (Å²) >= 11 is 0. The molecule has 0 atom stereocenters. The molecular weight excluding hydrogens is 190 g/mol. The zero-order valence-electron chi connectivity index (χ0n) is 8.77. The van der Waals surface area contributed by atoms with Crippen LogP contribution in [-0.4, -0.2) is 22.5 Å². The second kappa shape index (κ2) is 3.40. The molecule has 1 amide bonds. The van der Waals surface area contributed by atoms with Gasteiger partial charge in [-0.2, -0.15) is 0 Å². The van der Waals surface area contributed by atoms with Gasteiger partial charge in [0.25, 0.3) is 5.91 Å². The van der Waals surface area contributed by atoms with Crippen molar-refractivity contribution in [3.63, 3.8) is 0 Å². The first-order valence-electron chi connectivity index (χ1n) is 4.68. The van der Waals surface area contributed by atoms with Gasteiger partial charge in [-0.05, 0) is 6.07 Å². The second-order valence-electron chi connectivity index (χ2n) is 3.59. The number of amides is 1. The summed E-state index contributed by atoms with van der Waals surface area (Å²) in [6.07, 6.45) is 1.80. The molecule has 1 heterocycles. The van der Waals surface area contributed by atoms with Crippen molar-refractivity contribution in [1.82, 2.24) is 9.58 Å². The summed E-state index contributed by atoms with van der Waals surface area (Å²) in [5.41, 5.74) is 1.67. The van der Waals surface area contributed by atoms with E-state index in [2.05, 4.69) is 0 Å². The van der Waals surface area contributed by atoms with Crippen LogP contribution in [-0.2, 0) is 7.05 Å². The first kappa shape index (κ1) is 9.73. The Labute approximate surface area is 87.9 Å². The third kappa shape index (κ3) is 1.49. The van der Waals surface area contributed by atoms with Gasteiger partial charge >= 0.3 is 0 Å². The number of nitrogens with two attached hydrogens (primary N) is 1. The molecule has 2 aromatic rings. The quantitative estimate of drug-likeness (QED) is 0.429. The van der Waals surface area contributed by atoms with Gasteiger partial charge in [0, 0.05) is 31.2 Å². The molecular formula is C11H13N3O. The van der Waals surface area contributed by atoms with Crippen molar-refractivity contribution in [2.24, 2.45) is 12.9 Å². The normalized spacial score (nSPS) is 10.6. The van der Waals surface area contributed by atoms with Crippen LogP contribution in [0.2, 0.25) is 0 Å². The van der Waals surface area contributed by atoms with Crippen LogP contribution in [0.1, 0.15) is 10.4 Å². The third-order valence-corrected chi connectivity index (χ3v) is 2.45. The van der Waals surface area contributed by atoms with Crippen molar-refractivity contribution in [3.05, 3.63) is 36.0 Å². The number of benzene rings is 1. The number of fused-ring (bicyclic) bond motifs is 1. The zero-order chi connectivity index (χ0) is 11.0. The lowest BCUT2D eigenvalue weighted by atomic mass is 10.1. The number of para-hydroxylation sites is 1. The van der Waals surface area contributed by atoms with Gasteiger partial charge in [0.1, 0.15) is 0 Å². The van der Waals surface area contributed by atoms with E-state index in [-0.39, 0.29) is 5.91 Å². The smallest absolute Gasteiger partial charge is 0.269 e. The Morgan fingerprint density at radius 3 is 2.73 bits per heavy atom. The average molecular weight is 203 g/mol. The molecule has 0 fully saturated rings. The largest absolute Gasteiger partial charge is 0.350 e. The first-order valence-corrected chi connectivity index (χ1v) is 4.68. The highest BCUT2D eigenvalue weighted by Gasteiger charge is 2.14. The van der Waals surface area contributed by atoms with E-state index in [1.165, 1.54) is 0 Å². The molecule has 0 unspecified atom stereocenters. The van der Waals surface area contributed by atoms with Crippen LogP contribution in [0.15, 0.2) is 30.5 Å². The number of carbonyl (C=O) groups is 1. The number of hydrogen-bond acceptors (Lipinski definition) is 2. The number of hydrogen-bond donors (Lipinski definition) is 1. The molecule has 0 aliphatic rings. The van der Waals surface area contributed by atoms with E-state index in [0.29, 0.717) is 5.56 Å². The molecule has 15 heavy (non-hydrogen) atoms. The van der Waals surface area contributed by atoms with Crippen molar-refractivity contribution in [3.8, 4) is 0 Å². The highest BCUT2D eigenvalue weighted by atomic mass is 16.2. The van der Waals surface area contributed by atoms with Gasteiger partial charge in [0.15, 0.2) is 0 Å². The van der Waals surface area contributed by atoms with Gasteiger partial charge in [-0.25, -0.2) is 5.84 Å². The molecule has 78 valence electrons. The van der Waals surface area contributed by atoms with E-state index < -0.39 is 0 Å². The minimum atomic E-state index is -0.174. The number of hydrazine groups is 1. The molecule has 0 saturated carbocycles. The van der Waals surface area contributed by atoms with E-state index in [1.54, 1.807) is 13.2 Å². The topological polar surface area (TPSA) is 51.3 Å². The molecule has 0 aliphatic heterocycles. The van der Waals surface area contributed by atoms with Crippen LogP contribution in [0.4, 0.5) is 0 Å². The van der Waals surface area contributed by atoms with Gasteiger partial charge < -0.3 is 4.57 Å². The zero-order valence-corrected chi connectivity index (χ0v) is 8.77. The molecule has 1 aromatic carbocycles. The number of carbonyl (C=O) groups excluding carboxylic acids is 1. The maximum Gasteiger partial charge on any atom is 0.269 e. The second-order valence-corrected chi connectivity index (χ2v) is 3.59. The van der Waals surface area contributed by atoms with Crippen LogP contribution in [0.5, 0.6) is 0 Å². The molecule has 2 rings (SSSR count). The molecule has 4 nitrogen and oxygen atoms in total. The Balaban J connectivity index is 2.67. The lowest BCUT2D eigenvalue weighted by Gasteiger charge is -2.08. The SMILES string of the molecule is CN(N)C(=O)c1cn(C)c2ccccc12. The molecule has 0 spiro atoms. The van der Waals surface area contributed by atoms with Crippen LogP contribution in [0.3, 0.4) is 0 Å². The highest BCUT2D eigenvalue weighted by Crippen LogP contribution is 2.20. The Morgan fingerprint density at radius 1 is 1.40 bits per heavy atom. The predicted molar refractivity (Wildman–Crippen MR) is 59.2 cm³/mol. The van der Waals surface area contributed by atoms with Crippen LogP contribution >= 0.6 is 0 Å². The van der Waals surface area contributed by atoms with E-state index in [4.69, 9.17) is 5.84 Å². The molecule has 0 saturated heterocycles. The lowest BCUT2D eigenvalue weighted by molar-refractivity contribution is 0.0797. The number of nitrogens with zero attached hydrogens (tertiary/aromatic N) is 2.